The molecule has 1 amide bonds. The molecule has 30 heavy (non-hydrogen) atoms. The molecule has 1 aromatic heterocycles. The van der Waals surface area contributed by atoms with Crippen LogP contribution in [0.3, 0.4) is 0 Å². The highest BCUT2D eigenvalue weighted by Gasteiger charge is 2.30. The molecule has 1 aromatic carbocycles. The molecule has 0 spiro atoms. The first-order chi connectivity index (χ1) is 14.1. The first-order valence-corrected chi connectivity index (χ1v) is 9.16. The van der Waals surface area contributed by atoms with Crippen molar-refractivity contribution in [1.29, 1.82) is 0 Å². The Labute approximate surface area is 173 Å². The number of hydrogen-bond acceptors (Lipinski definition) is 7. The quantitative estimate of drug-likeness (QED) is 0.654. The third kappa shape index (κ3) is 6.05. The van der Waals surface area contributed by atoms with Crippen molar-refractivity contribution in [2.75, 3.05) is 30.3 Å². The molecule has 1 saturated heterocycles. The smallest absolute Gasteiger partial charge is 0.422 e. The van der Waals surface area contributed by atoms with E-state index in [1.165, 1.54) is 19.1 Å². The second-order valence-electron chi connectivity index (χ2n) is 6.52. The molecule has 0 radical (unpaired) electrons. The van der Waals surface area contributed by atoms with Crippen LogP contribution in [0.1, 0.15) is 13.3 Å². The van der Waals surface area contributed by atoms with E-state index in [-0.39, 0.29) is 28.9 Å². The molecule has 162 valence electrons. The highest BCUT2D eigenvalue weighted by atomic mass is 35.5. The van der Waals surface area contributed by atoms with Gasteiger partial charge in [0.05, 0.1) is 5.02 Å². The van der Waals surface area contributed by atoms with Crippen molar-refractivity contribution in [2.45, 2.75) is 25.6 Å². The van der Waals surface area contributed by atoms with Crippen LogP contribution in [-0.2, 0) is 4.79 Å². The first-order valence-electron chi connectivity index (χ1n) is 8.79. The summed E-state index contributed by atoms with van der Waals surface area (Å²) in [5, 5.41) is 5.53. The molecule has 0 bridgehead atoms. The SMILES string of the molecule is CC(=O)N1CCC(Nc2nc(Nc3ccc(F)c(Cl)c3)nc(OCC(F)(F)F)n2)C1. The summed E-state index contributed by atoms with van der Waals surface area (Å²) >= 11 is 5.73. The topological polar surface area (TPSA) is 92.3 Å². The maximum atomic E-state index is 13.3. The Balaban J connectivity index is 1.80. The third-order valence-electron chi connectivity index (χ3n) is 4.12. The van der Waals surface area contributed by atoms with Crippen LogP contribution in [0, 0.1) is 5.82 Å². The Morgan fingerprint density at radius 3 is 2.67 bits per heavy atom. The van der Waals surface area contributed by atoms with Gasteiger partial charge in [0.2, 0.25) is 17.8 Å². The number of carbonyl (C=O) groups excluding carboxylic acids is 1. The fraction of sp³-hybridized carbons (Fsp3) is 0.412. The van der Waals surface area contributed by atoms with Crippen LogP contribution in [0.15, 0.2) is 18.2 Å². The minimum absolute atomic E-state index is 0.0340. The van der Waals surface area contributed by atoms with Gasteiger partial charge in [0.15, 0.2) is 6.61 Å². The molecule has 1 aliphatic rings. The van der Waals surface area contributed by atoms with Gasteiger partial charge in [-0.2, -0.15) is 28.1 Å². The number of carbonyl (C=O) groups is 1. The zero-order chi connectivity index (χ0) is 21.9. The fourth-order valence-corrected chi connectivity index (χ4v) is 2.92. The summed E-state index contributed by atoms with van der Waals surface area (Å²) < 4.78 is 55.5. The molecule has 2 N–H and O–H groups in total. The van der Waals surface area contributed by atoms with Gasteiger partial charge in [-0.15, -0.1) is 0 Å². The highest BCUT2D eigenvalue weighted by Crippen LogP contribution is 2.24. The Morgan fingerprint density at radius 2 is 2.03 bits per heavy atom. The zero-order valence-corrected chi connectivity index (χ0v) is 16.4. The normalized spacial score (nSPS) is 16.5. The van der Waals surface area contributed by atoms with Gasteiger partial charge in [0.25, 0.3) is 0 Å². The van der Waals surface area contributed by atoms with Gasteiger partial charge in [-0.05, 0) is 24.6 Å². The zero-order valence-electron chi connectivity index (χ0n) is 15.6. The van der Waals surface area contributed by atoms with Crippen LogP contribution in [0.5, 0.6) is 6.01 Å². The van der Waals surface area contributed by atoms with Gasteiger partial charge < -0.3 is 20.3 Å². The predicted molar refractivity (Wildman–Crippen MR) is 100 cm³/mol. The molecule has 1 aliphatic heterocycles. The molecule has 0 saturated carbocycles. The number of alkyl halides is 3. The summed E-state index contributed by atoms with van der Waals surface area (Å²) in [5.74, 6) is -0.882. The monoisotopic (exact) mass is 448 g/mol. The lowest BCUT2D eigenvalue weighted by molar-refractivity contribution is -0.154. The number of ether oxygens (including phenoxy) is 1. The largest absolute Gasteiger partial charge is 0.454 e. The lowest BCUT2D eigenvalue weighted by Gasteiger charge is -2.16. The van der Waals surface area contributed by atoms with Gasteiger partial charge in [0.1, 0.15) is 5.82 Å². The van der Waals surface area contributed by atoms with Crippen LogP contribution < -0.4 is 15.4 Å². The van der Waals surface area contributed by atoms with Gasteiger partial charge in [-0.3, -0.25) is 4.79 Å². The summed E-state index contributed by atoms with van der Waals surface area (Å²) in [6.07, 6.45) is -3.97. The second-order valence-corrected chi connectivity index (χ2v) is 6.93. The Morgan fingerprint density at radius 1 is 1.30 bits per heavy atom. The van der Waals surface area contributed by atoms with Crippen molar-refractivity contribution in [3.05, 3.63) is 29.0 Å². The average molecular weight is 449 g/mol. The molecule has 13 heteroatoms. The number of benzene rings is 1. The second kappa shape index (κ2) is 8.86. The number of rotatable bonds is 6. The Hall–Kier alpha value is -2.89. The standard InChI is InChI=1S/C17H17ClF4N6O2/c1-9(29)28-5-4-11(7-28)24-15-25-14(23-10-2-3-13(19)12(18)6-10)26-16(27-15)30-8-17(20,21)22/h2-3,6,11H,4-5,7-8H2,1H3,(H2,23,24,25,26,27). The van der Waals surface area contributed by atoms with Gasteiger partial charge >= 0.3 is 12.2 Å². The van der Waals surface area contributed by atoms with Crippen molar-refractivity contribution in [1.82, 2.24) is 19.9 Å². The summed E-state index contributed by atoms with van der Waals surface area (Å²) in [4.78, 5) is 24.9. The summed E-state index contributed by atoms with van der Waals surface area (Å²) in [5.41, 5.74) is 0.309. The van der Waals surface area contributed by atoms with E-state index in [2.05, 4.69) is 30.3 Å². The van der Waals surface area contributed by atoms with E-state index >= 15 is 0 Å². The molecule has 1 atom stereocenters. The fourth-order valence-electron chi connectivity index (χ4n) is 2.74. The summed E-state index contributed by atoms with van der Waals surface area (Å²) in [6, 6.07) is 2.99. The third-order valence-corrected chi connectivity index (χ3v) is 4.41. The van der Waals surface area contributed by atoms with Gasteiger partial charge in [-0.1, -0.05) is 11.6 Å². The molecule has 2 heterocycles. The van der Waals surface area contributed by atoms with Crippen LogP contribution in [0.4, 0.5) is 35.1 Å². The lowest BCUT2D eigenvalue weighted by atomic mass is 10.3. The van der Waals surface area contributed by atoms with Crippen LogP contribution >= 0.6 is 11.6 Å². The average Bonchev–Trinajstić information content (AvgIpc) is 3.11. The van der Waals surface area contributed by atoms with Gasteiger partial charge in [0, 0.05) is 31.7 Å². The molecular weight excluding hydrogens is 432 g/mol. The van der Waals surface area contributed by atoms with Crippen molar-refractivity contribution >= 4 is 35.1 Å². The first kappa shape index (κ1) is 21.8. The lowest BCUT2D eigenvalue weighted by Crippen LogP contribution is -2.30. The minimum atomic E-state index is -4.58. The van der Waals surface area contributed by atoms with Gasteiger partial charge in [-0.25, -0.2) is 4.39 Å². The predicted octanol–water partition coefficient (Wildman–Crippen LogP) is 3.38. The van der Waals surface area contributed by atoms with Crippen molar-refractivity contribution in [3.63, 3.8) is 0 Å². The maximum absolute atomic E-state index is 13.3. The number of amides is 1. The van der Waals surface area contributed by atoms with Crippen LogP contribution in [-0.4, -0.2) is 57.7 Å². The molecule has 1 unspecified atom stereocenters. The Bertz CT molecular complexity index is 930. The molecule has 1 fully saturated rings. The van der Waals surface area contributed by atoms with Crippen molar-refractivity contribution < 1.29 is 27.1 Å². The summed E-state index contributed by atoms with van der Waals surface area (Å²) in [7, 11) is 0. The number of halogens is 5. The molecule has 0 aliphatic carbocycles. The number of aromatic nitrogens is 3. The highest BCUT2D eigenvalue weighted by molar-refractivity contribution is 6.31. The van der Waals surface area contributed by atoms with E-state index in [0.717, 1.165) is 6.07 Å². The van der Waals surface area contributed by atoms with E-state index in [1.807, 2.05) is 0 Å². The molecule has 8 nitrogen and oxygen atoms in total. The van der Waals surface area contributed by atoms with Crippen molar-refractivity contribution in [2.24, 2.45) is 0 Å². The number of anilines is 3. The van der Waals surface area contributed by atoms with Crippen molar-refractivity contribution in [3.8, 4) is 6.01 Å². The number of hydrogen-bond donors (Lipinski definition) is 2. The van der Waals surface area contributed by atoms with E-state index in [9.17, 15) is 22.4 Å². The number of nitrogens with one attached hydrogen (secondary N) is 2. The van der Waals surface area contributed by atoms with E-state index in [0.29, 0.717) is 25.2 Å². The number of nitrogens with zero attached hydrogens (tertiary/aromatic N) is 4. The maximum Gasteiger partial charge on any atom is 0.422 e. The molecular formula is C17H17ClF4N6O2. The molecule has 3 rings (SSSR count). The van der Waals surface area contributed by atoms with Crippen LogP contribution in [0.25, 0.3) is 0 Å². The summed E-state index contributed by atoms with van der Waals surface area (Å²) in [6.45, 7) is 0.800. The van der Waals surface area contributed by atoms with E-state index in [1.54, 1.807) is 4.90 Å². The Kier molecular flexibility index (Phi) is 6.44. The van der Waals surface area contributed by atoms with E-state index in [4.69, 9.17) is 11.6 Å². The molecule has 2 aromatic rings. The minimum Gasteiger partial charge on any atom is -0.454 e. The van der Waals surface area contributed by atoms with E-state index < -0.39 is 24.6 Å². The number of likely N-dealkylation sites (tertiary alicyclic amines) is 1. The van der Waals surface area contributed by atoms with Crippen LogP contribution in [0.2, 0.25) is 5.02 Å².